The Bertz CT molecular complexity index is 890. The first-order valence-electron chi connectivity index (χ1n) is 10.3. The number of fused-ring (bicyclic) bond motifs is 5. The maximum atomic E-state index is 16.9. The predicted octanol–water partition coefficient (Wildman–Crippen LogP) is 3.39. The van der Waals surface area contributed by atoms with Gasteiger partial charge in [-0.05, 0) is 44.1 Å². The highest BCUT2D eigenvalue weighted by Crippen LogP contribution is 2.71. The molecule has 8 heteroatoms. The van der Waals surface area contributed by atoms with Crippen LogP contribution in [0.15, 0.2) is 23.6 Å². The van der Waals surface area contributed by atoms with E-state index in [4.69, 9.17) is 11.6 Å². The summed E-state index contributed by atoms with van der Waals surface area (Å²) in [5.74, 6) is -5.65. The number of hydrogen-bond donors (Lipinski definition) is 2. The van der Waals surface area contributed by atoms with Crippen LogP contribution < -0.4 is 0 Å². The minimum absolute atomic E-state index is 0.242. The fraction of sp³-hybridized carbons (Fsp3) is 0.727. The lowest BCUT2D eigenvalue weighted by atomic mass is 9.44. The first-order valence-corrected chi connectivity index (χ1v) is 10.8. The van der Waals surface area contributed by atoms with Gasteiger partial charge in [-0.15, -0.1) is 11.6 Å². The zero-order chi connectivity index (χ0) is 22.4. The SMILES string of the molecule is CC1C[C@H]2[C@@H]3CC(F)C4=C(F)C(=O)C=C[C@]4(C)[C@@]3(F)C(O)C[C@]2(C)[C@@]1(O)C(=O)CCl. The van der Waals surface area contributed by atoms with E-state index >= 15 is 8.78 Å². The lowest BCUT2D eigenvalue weighted by Gasteiger charge is -2.63. The van der Waals surface area contributed by atoms with E-state index in [0.717, 1.165) is 12.2 Å². The zero-order valence-corrected chi connectivity index (χ0v) is 17.8. The van der Waals surface area contributed by atoms with Gasteiger partial charge in [-0.3, -0.25) is 9.59 Å². The summed E-state index contributed by atoms with van der Waals surface area (Å²) < 4.78 is 46.8. The minimum Gasteiger partial charge on any atom is -0.390 e. The maximum absolute atomic E-state index is 16.9. The molecular formula is C22H26ClF3O4. The Morgan fingerprint density at radius 3 is 2.53 bits per heavy atom. The molecule has 3 saturated carbocycles. The van der Waals surface area contributed by atoms with Crippen molar-refractivity contribution in [2.75, 3.05) is 5.88 Å². The van der Waals surface area contributed by atoms with E-state index in [1.807, 2.05) is 0 Å². The first-order chi connectivity index (χ1) is 13.8. The fourth-order valence-electron chi connectivity index (χ4n) is 7.33. The molecule has 0 radical (unpaired) electrons. The molecule has 4 nitrogen and oxygen atoms in total. The molecule has 0 spiro atoms. The van der Waals surface area contributed by atoms with E-state index in [-0.39, 0.29) is 12.8 Å². The Morgan fingerprint density at radius 1 is 1.30 bits per heavy atom. The van der Waals surface area contributed by atoms with Crippen LogP contribution in [0, 0.1) is 28.6 Å². The average Bonchev–Trinajstić information content (AvgIpc) is 2.88. The Labute approximate surface area is 178 Å². The quantitative estimate of drug-likeness (QED) is 0.638. The van der Waals surface area contributed by atoms with Gasteiger partial charge < -0.3 is 10.2 Å². The Hall–Kier alpha value is -1.18. The summed E-state index contributed by atoms with van der Waals surface area (Å²) in [6, 6.07) is 0. The van der Waals surface area contributed by atoms with Crippen molar-refractivity contribution in [1.82, 2.24) is 0 Å². The van der Waals surface area contributed by atoms with E-state index in [1.165, 1.54) is 6.92 Å². The van der Waals surface area contributed by atoms with Crippen LogP contribution in [0.3, 0.4) is 0 Å². The molecule has 0 heterocycles. The summed E-state index contributed by atoms with van der Waals surface area (Å²) in [6.07, 6.45) is -2.04. The molecule has 2 N–H and O–H groups in total. The Morgan fingerprint density at radius 2 is 1.93 bits per heavy atom. The largest absolute Gasteiger partial charge is 0.390 e. The van der Waals surface area contributed by atoms with E-state index in [2.05, 4.69) is 0 Å². The number of ketones is 2. The molecule has 3 unspecified atom stereocenters. The number of carbonyl (C=O) groups excluding carboxylic acids is 2. The number of allylic oxidation sites excluding steroid dienone is 4. The number of halogens is 4. The molecule has 166 valence electrons. The molecular weight excluding hydrogens is 421 g/mol. The smallest absolute Gasteiger partial charge is 0.213 e. The number of aliphatic hydroxyl groups is 2. The molecule has 0 aromatic rings. The Kier molecular flexibility index (Phi) is 4.72. The predicted molar refractivity (Wildman–Crippen MR) is 104 cm³/mol. The van der Waals surface area contributed by atoms with Crippen LogP contribution in [0.25, 0.3) is 0 Å². The van der Waals surface area contributed by atoms with Gasteiger partial charge in [0.05, 0.1) is 12.0 Å². The van der Waals surface area contributed by atoms with Gasteiger partial charge in [-0.2, -0.15) is 0 Å². The van der Waals surface area contributed by atoms with E-state index in [9.17, 15) is 24.2 Å². The summed E-state index contributed by atoms with van der Waals surface area (Å²) in [7, 11) is 0. The molecule has 0 amide bonds. The zero-order valence-electron chi connectivity index (χ0n) is 17.1. The maximum Gasteiger partial charge on any atom is 0.213 e. The summed E-state index contributed by atoms with van der Waals surface area (Å²) in [5, 5.41) is 22.5. The summed E-state index contributed by atoms with van der Waals surface area (Å²) in [5.41, 5.74) is -7.97. The third kappa shape index (κ3) is 2.22. The van der Waals surface area contributed by atoms with Gasteiger partial charge in [0, 0.05) is 22.3 Å². The number of carbonyl (C=O) groups is 2. The van der Waals surface area contributed by atoms with Crippen molar-refractivity contribution >= 4 is 23.2 Å². The molecule has 0 aliphatic heterocycles. The highest BCUT2D eigenvalue weighted by Gasteiger charge is 2.76. The molecule has 4 aliphatic carbocycles. The topological polar surface area (TPSA) is 74.6 Å². The molecule has 4 rings (SSSR count). The van der Waals surface area contributed by atoms with Gasteiger partial charge in [0.2, 0.25) is 5.78 Å². The van der Waals surface area contributed by atoms with Gasteiger partial charge in [-0.1, -0.05) is 19.9 Å². The molecule has 30 heavy (non-hydrogen) atoms. The molecule has 0 bridgehead atoms. The van der Waals surface area contributed by atoms with Crippen LogP contribution in [0.2, 0.25) is 0 Å². The second-order valence-corrected chi connectivity index (χ2v) is 10.2. The Balaban J connectivity index is 1.89. The van der Waals surface area contributed by atoms with Crippen molar-refractivity contribution in [3.63, 3.8) is 0 Å². The monoisotopic (exact) mass is 446 g/mol. The number of Topliss-reactive ketones (excluding diaryl/α,β-unsaturated/α-hetero) is 1. The third-order valence-electron chi connectivity index (χ3n) is 8.83. The highest BCUT2D eigenvalue weighted by molar-refractivity contribution is 6.29. The highest BCUT2D eigenvalue weighted by atomic mass is 35.5. The van der Waals surface area contributed by atoms with Crippen LogP contribution in [-0.2, 0) is 9.59 Å². The van der Waals surface area contributed by atoms with Crippen LogP contribution >= 0.6 is 11.6 Å². The van der Waals surface area contributed by atoms with Gasteiger partial charge in [0.25, 0.3) is 0 Å². The van der Waals surface area contributed by atoms with Crippen molar-refractivity contribution in [2.45, 2.75) is 63.6 Å². The molecule has 0 aromatic heterocycles. The van der Waals surface area contributed by atoms with Crippen LogP contribution in [0.4, 0.5) is 13.2 Å². The van der Waals surface area contributed by atoms with Crippen LogP contribution in [-0.4, -0.2) is 51.2 Å². The molecule has 0 saturated heterocycles. The molecule has 9 atom stereocenters. The summed E-state index contributed by atoms with van der Waals surface area (Å²) >= 11 is 5.75. The lowest BCUT2D eigenvalue weighted by Crippen LogP contribution is -2.70. The van der Waals surface area contributed by atoms with Crippen molar-refractivity contribution in [2.24, 2.45) is 28.6 Å². The van der Waals surface area contributed by atoms with Gasteiger partial charge in [-0.25, -0.2) is 13.2 Å². The van der Waals surface area contributed by atoms with Gasteiger partial charge in [0.15, 0.2) is 17.3 Å². The second kappa shape index (κ2) is 6.42. The summed E-state index contributed by atoms with van der Waals surface area (Å²) in [6.45, 7) is 4.60. The fourth-order valence-corrected chi connectivity index (χ4v) is 7.53. The first kappa shape index (κ1) is 22.0. The van der Waals surface area contributed by atoms with Crippen molar-refractivity contribution in [3.8, 4) is 0 Å². The molecule has 4 aliphatic rings. The third-order valence-corrected chi connectivity index (χ3v) is 9.08. The van der Waals surface area contributed by atoms with Crippen LogP contribution in [0.5, 0.6) is 0 Å². The van der Waals surface area contributed by atoms with Crippen LogP contribution in [0.1, 0.15) is 40.0 Å². The molecule has 0 aromatic carbocycles. The van der Waals surface area contributed by atoms with Crippen molar-refractivity contribution in [1.29, 1.82) is 0 Å². The normalized spacial score (nSPS) is 52.7. The lowest BCUT2D eigenvalue weighted by molar-refractivity contribution is -0.223. The van der Waals surface area contributed by atoms with Crippen molar-refractivity contribution < 1.29 is 33.0 Å². The average molecular weight is 447 g/mol. The van der Waals surface area contributed by atoms with E-state index < -0.39 is 87.4 Å². The number of rotatable bonds is 2. The number of hydrogen-bond acceptors (Lipinski definition) is 4. The van der Waals surface area contributed by atoms with Gasteiger partial charge in [0.1, 0.15) is 11.8 Å². The number of alkyl halides is 3. The van der Waals surface area contributed by atoms with E-state index in [0.29, 0.717) is 0 Å². The van der Waals surface area contributed by atoms with E-state index in [1.54, 1.807) is 13.8 Å². The van der Waals surface area contributed by atoms with Crippen molar-refractivity contribution in [3.05, 3.63) is 23.6 Å². The summed E-state index contributed by atoms with van der Waals surface area (Å²) in [4.78, 5) is 24.4. The standard InChI is InChI=1S/C22H26ClF3O4/c1-10-6-11-12-7-13(24)17-18(25)14(27)4-5-19(17,2)21(12,26)15(28)8-20(11,3)22(10,30)16(29)9-23/h4-5,10-13,15,28,30H,6-9H2,1-3H3/t10?,11-,12-,13?,15?,19-,20-,21-,22-/m0/s1. The minimum atomic E-state index is -2.46. The van der Waals surface area contributed by atoms with Gasteiger partial charge >= 0.3 is 0 Å². The number of aliphatic hydroxyl groups excluding tert-OH is 1. The second-order valence-electron chi connectivity index (χ2n) is 9.91. The molecule has 3 fully saturated rings.